The Kier molecular flexibility index (Phi) is 6.47. The van der Waals surface area contributed by atoms with E-state index in [9.17, 15) is 5.11 Å². The molecule has 1 fully saturated rings. The first-order chi connectivity index (χ1) is 9.81. The molecule has 4 heteroatoms. The van der Waals surface area contributed by atoms with Crippen molar-refractivity contribution in [3.8, 4) is 0 Å². The molecule has 0 aliphatic carbocycles. The van der Waals surface area contributed by atoms with E-state index >= 15 is 0 Å². The van der Waals surface area contributed by atoms with Crippen LogP contribution in [0.5, 0.6) is 0 Å². The third-order valence-corrected chi connectivity index (χ3v) is 3.76. The van der Waals surface area contributed by atoms with Crippen LogP contribution in [0.3, 0.4) is 0 Å². The smallest absolute Gasteiger partial charge is 0.0805 e. The number of morpholine rings is 1. The van der Waals surface area contributed by atoms with Crippen molar-refractivity contribution in [2.24, 2.45) is 0 Å². The molecule has 1 aromatic carbocycles. The minimum absolute atomic E-state index is 0.263. The van der Waals surface area contributed by atoms with Crippen molar-refractivity contribution in [1.82, 2.24) is 4.90 Å². The number of aliphatic hydroxyl groups excluding tert-OH is 1. The molecule has 4 nitrogen and oxygen atoms in total. The molecule has 0 spiro atoms. The normalized spacial score (nSPS) is 21.8. The van der Waals surface area contributed by atoms with Crippen LogP contribution in [0.2, 0.25) is 0 Å². The van der Waals surface area contributed by atoms with Crippen molar-refractivity contribution >= 4 is 0 Å². The van der Waals surface area contributed by atoms with Crippen LogP contribution in [0.15, 0.2) is 30.3 Å². The highest BCUT2D eigenvalue weighted by atomic mass is 16.5. The van der Waals surface area contributed by atoms with Crippen LogP contribution < -0.4 is 0 Å². The summed E-state index contributed by atoms with van der Waals surface area (Å²) in [6.07, 6.45) is 0.272. The molecule has 1 saturated heterocycles. The molecular formula is C16H25NO3. The van der Waals surface area contributed by atoms with Crippen LogP contribution >= 0.6 is 0 Å². The van der Waals surface area contributed by atoms with Crippen molar-refractivity contribution in [3.05, 3.63) is 35.9 Å². The van der Waals surface area contributed by atoms with Gasteiger partial charge in [-0.25, -0.2) is 0 Å². The zero-order valence-electron chi connectivity index (χ0n) is 12.2. The highest BCUT2D eigenvalue weighted by Gasteiger charge is 2.25. The summed E-state index contributed by atoms with van der Waals surface area (Å²) in [6.45, 7) is 6.79. The summed E-state index contributed by atoms with van der Waals surface area (Å²) < 4.78 is 11.0. The molecule has 0 amide bonds. The van der Waals surface area contributed by atoms with Gasteiger partial charge in [-0.3, -0.25) is 4.90 Å². The molecule has 20 heavy (non-hydrogen) atoms. The molecule has 0 bridgehead atoms. The van der Waals surface area contributed by atoms with Gasteiger partial charge < -0.3 is 14.6 Å². The van der Waals surface area contributed by atoms with Gasteiger partial charge in [0.15, 0.2) is 0 Å². The van der Waals surface area contributed by atoms with Gasteiger partial charge in [-0.1, -0.05) is 30.3 Å². The molecule has 1 heterocycles. The van der Waals surface area contributed by atoms with Gasteiger partial charge in [0.1, 0.15) is 0 Å². The number of nitrogens with zero attached hydrogens (tertiary/aromatic N) is 1. The zero-order valence-corrected chi connectivity index (χ0v) is 12.2. The maximum absolute atomic E-state index is 10.3. The minimum Gasteiger partial charge on any atom is -0.388 e. The predicted octanol–water partition coefficient (Wildman–Crippen LogP) is 1.85. The van der Waals surface area contributed by atoms with E-state index in [4.69, 9.17) is 9.47 Å². The maximum Gasteiger partial charge on any atom is 0.0805 e. The second kappa shape index (κ2) is 8.37. The van der Waals surface area contributed by atoms with E-state index < -0.39 is 6.10 Å². The van der Waals surface area contributed by atoms with Gasteiger partial charge in [-0.05, 0) is 18.9 Å². The van der Waals surface area contributed by atoms with Crippen molar-refractivity contribution < 1.29 is 14.6 Å². The van der Waals surface area contributed by atoms with Gasteiger partial charge in [0, 0.05) is 25.7 Å². The first-order valence-electron chi connectivity index (χ1n) is 7.43. The minimum atomic E-state index is -0.433. The fourth-order valence-corrected chi connectivity index (χ4v) is 2.60. The van der Waals surface area contributed by atoms with E-state index in [2.05, 4.69) is 4.90 Å². The third kappa shape index (κ3) is 4.56. The summed E-state index contributed by atoms with van der Waals surface area (Å²) in [5.41, 5.74) is 0.975. The molecule has 2 atom stereocenters. The summed E-state index contributed by atoms with van der Waals surface area (Å²) in [6, 6.07) is 10.1. The van der Waals surface area contributed by atoms with Gasteiger partial charge in [-0.15, -0.1) is 0 Å². The molecule has 0 radical (unpaired) electrons. The lowest BCUT2D eigenvalue weighted by Gasteiger charge is -2.36. The lowest BCUT2D eigenvalue weighted by Crippen LogP contribution is -2.47. The SMILES string of the molecule is CCOCCN1CCOCC1CC(O)c1ccccc1. The number of hydrogen-bond donors (Lipinski definition) is 1. The highest BCUT2D eigenvalue weighted by molar-refractivity contribution is 5.17. The maximum atomic E-state index is 10.3. The van der Waals surface area contributed by atoms with Crippen LogP contribution in [-0.2, 0) is 9.47 Å². The van der Waals surface area contributed by atoms with Crippen molar-refractivity contribution in [1.29, 1.82) is 0 Å². The predicted molar refractivity (Wildman–Crippen MR) is 78.7 cm³/mol. The number of aliphatic hydroxyl groups is 1. The van der Waals surface area contributed by atoms with Crippen molar-refractivity contribution in [3.63, 3.8) is 0 Å². The van der Waals surface area contributed by atoms with Crippen molar-refractivity contribution in [2.75, 3.05) is 39.5 Å². The van der Waals surface area contributed by atoms with Crippen LogP contribution in [0.1, 0.15) is 25.0 Å². The monoisotopic (exact) mass is 279 g/mol. The molecule has 2 unspecified atom stereocenters. The molecule has 1 aromatic rings. The number of rotatable bonds is 7. The number of benzene rings is 1. The molecule has 0 aromatic heterocycles. The summed E-state index contributed by atoms with van der Waals surface area (Å²) in [5, 5.41) is 10.3. The number of ether oxygens (including phenoxy) is 2. The van der Waals surface area contributed by atoms with E-state index in [1.807, 2.05) is 37.3 Å². The molecule has 1 aliphatic rings. The summed E-state index contributed by atoms with van der Waals surface area (Å²) in [5.74, 6) is 0. The first kappa shape index (κ1) is 15.4. The quantitative estimate of drug-likeness (QED) is 0.774. The average molecular weight is 279 g/mol. The van der Waals surface area contributed by atoms with E-state index in [-0.39, 0.29) is 6.04 Å². The first-order valence-corrected chi connectivity index (χ1v) is 7.43. The van der Waals surface area contributed by atoms with Crippen molar-refractivity contribution in [2.45, 2.75) is 25.5 Å². The van der Waals surface area contributed by atoms with E-state index in [0.717, 1.165) is 38.5 Å². The topological polar surface area (TPSA) is 41.9 Å². The summed E-state index contributed by atoms with van der Waals surface area (Å²) >= 11 is 0. The second-order valence-electron chi connectivity index (χ2n) is 5.12. The van der Waals surface area contributed by atoms with Gasteiger partial charge >= 0.3 is 0 Å². The van der Waals surface area contributed by atoms with E-state index in [1.54, 1.807) is 0 Å². The Bertz CT molecular complexity index is 371. The van der Waals surface area contributed by atoms with Gasteiger partial charge in [0.25, 0.3) is 0 Å². The second-order valence-corrected chi connectivity index (χ2v) is 5.12. The van der Waals surface area contributed by atoms with Crippen LogP contribution in [0.4, 0.5) is 0 Å². The number of hydrogen-bond acceptors (Lipinski definition) is 4. The van der Waals surface area contributed by atoms with E-state index in [1.165, 1.54) is 0 Å². The molecule has 1 aliphatic heterocycles. The standard InChI is InChI=1S/C16H25NO3/c1-2-19-10-8-17-9-11-20-13-15(17)12-16(18)14-6-4-3-5-7-14/h3-7,15-16,18H,2,8-13H2,1H3. The van der Waals surface area contributed by atoms with Gasteiger partial charge in [0.2, 0.25) is 0 Å². The van der Waals surface area contributed by atoms with Gasteiger partial charge in [-0.2, -0.15) is 0 Å². The largest absolute Gasteiger partial charge is 0.388 e. The lowest BCUT2D eigenvalue weighted by molar-refractivity contribution is -0.0358. The van der Waals surface area contributed by atoms with Crippen LogP contribution in [-0.4, -0.2) is 55.6 Å². The Morgan fingerprint density at radius 3 is 2.95 bits per heavy atom. The lowest BCUT2D eigenvalue weighted by atomic mass is 10.0. The molecule has 2 rings (SSSR count). The Hall–Kier alpha value is -0.940. The van der Waals surface area contributed by atoms with Gasteiger partial charge in [0.05, 0.1) is 25.9 Å². The molecule has 112 valence electrons. The molecule has 1 N–H and O–H groups in total. The summed E-state index contributed by atoms with van der Waals surface area (Å²) in [7, 11) is 0. The Morgan fingerprint density at radius 2 is 2.20 bits per heavy atom. The average Bonchev–Trinajstić information content (AvgIpc) is 2.50. The molecular weight excluding hydrogens is 254 g/mol. The Labute approximate surface area is 121 Å². The summed E-state index contributed by atoms with van der Waals surface area (Å²) in [4.78, 5) is 2.37. The van der Waals surface area contributed by atoms with Crippen LogP contribution in [0, 0.1) is 0 Å². The molecule has 0 saturated carbocycles. The fourth-order valence-electron chi connectivity index (χ4n) is 2.60. The van der Waals surface area contributed by atoms with E-state index in [0.29, 0.717) is 13.0 Å². The zero-order chi connectivity index (χ0) is 14.2. The fraction of sp³-hybridized carbons (Fsp3) is 0.625. The highest BCUT2D eigenvalue weighted by Crippen LogP contribution is 2.22. The van der Waals surface area contributed by atoms with Crippen LogP contribution in [0.25, 0.3) is 0 Å². The third-order valence-electron chi connectivity index (χ3n) is 3.76. The Balaban J connectivity index is 1.87. The Morgan fingerprint density at radius 1 is 1.40 bits per heavy atom.